The minimum absolute atomic E-state index is 0.980. The quantitative estimate of drug-likeness (QED) is 0.138. The molecule has 5 heteroatoms. The van der Waals surface area contributed by atoms with Gasteiger partial charge in [0, 0.05) is 48.3 Å². The maximum atomic E-state index is 5.72. The number of aryl methyl sites for hydroxylation is 2. The lowest BCUT2D eigenvalue weighted by Gasteiger charge is -2.24. The van der Waals surface area contributed by atoms with Gasteiger partial charge in [-0.2, -0.15) is 0 Å². The zero-order valence-electron chi connectivity index (χ0n) is 23.5. The average molecular weight is 512 g/mol. The van der Waals surface area contributed by atoms with E-state index in [9.17, 15) is 0 Å². The first-order valence-electron chi connectivity index (χ1n) is 14.4. The Morgan fingerprint density at radius 1 is 0.583 bits per heavy atom. The average Bonchev–Trinajstić information content (AvgIpc) is 3.26. The van der Waals surface area contributed by atoms with Crippen LogP contribution < -0.4 is 5.19 Å². The van der Waals surface area contributed by atoms with Crippen LogP contribution in [0.25, 0.3) is 21.8 Å². The van der Waals surface area contributed by atoms with E-state index in [-0.39, 0.29) is 0 Å². The number of hydrogen-bond donors (Lipinski definition) is 1. The lowest BCUT2D eigenvalue weighted by atomic mass is 9.94. The first kappa shape index (κ1) is 28.9. The van der Waals surface area contributed by atoms with Crippen molar-refractivity contribution in [3.8, 4) is 0 Å². The van der Waals surface area contributed by atoms with Crippen LogP contribution in [0.5, 0.6) is 0 Å². The van der Waals surface area contributed by atoms with Crippen LogP contribution in [0.4, 0.5) is 0 Å². The molecule has 0 unspecified atom stereocenters. The van der Waals surface area contributed by atoms with Crippen LogP contribution in [-0.2, 0) is 26.1 Å². The molecule has 0 radical (unpaired) electrons. The molecule has 0 saturated heterocycles. The second kappa shape index (κ2) is 14.9. The molecule has 36 heavy (non-hydrogen) atoms. The Morgan fingerprint density at radius 3 is 1.64 bits per heavy atom. The zero-order valence-corrected chi connectivity index (χ0v) is 24.5. The van der Waals surface area contributed by atoms with Gasteiger partial charge in [0.25, 0.3) is 0 Å². The van der Waals surface area contributed by atoms with Crippen LogP contribution >= 0.6 is 0 Å². The molecule has 0 bridgehead atoms. The molecule has 0 aliphatic rings. The van der Waals surface area contributed by atoms with Crippen molar-refractivity contribution in [1.29, 1.82) is 0 Å². The standard InChI is InChI=1S/C31H49NO3Si/c1-6-8-10-12-14-16-18-25-22-29-28-21-20-27(36(33-3,34-4)35-5)24-31(28)32-30(29)23-26(25)19-17-15-13-11-9-7-2/h20-24,32H,6-19H2,1-5H3. The van der Waals surface area contributed by atoms with Gasteiger partial charge in [0.05, 0.1) is 0 Å². The van der Waals surface area contributed by atoms with Gasteiger partial charge < -0.3 is 18.3 Å². The number of H-pyrrole nitrogens is 1. The fourth-order valence-corrected chi connectivity index (χ4v) is 7.31. The van der Waals surface area contributed by atoms with Gasteiger partial charge in [-0.3, -0.25) is 0 Å². The monoisotopic (exact) mass is 511 g/mol. The fourth-order valence-electron chi connectivity index (χ4n) is 5.49. The second-order valence-corrected chi connectivity index (χ2v) is 13.2. The van der Waals surface area contributed by atoms with Crippen LogP contribution in [0.3, 0.4) is 0 Å². The lowest BCUT2D eigenvalue weighted by molar-refractivity contribution is 0.140. The summed E-state index contributed by atoms with van der Waals surface area (Å²) in [5.41, 5.74) is 5.43. The Hall–Kier alpha value is -1.66. The fraction of sp³-hybridized carbons (Fsp3) is 0.613. The summed E-state index contributed by atoms with van der Waals surface area (Å²) in [6.45, 7) is 4.57. The molecule has 0 amide bonds. The number of rotatable bonds is 18. The van der Waals surface area contributed by atoms with E-state index in [0.29, 0.717) is 0 Å². The summed E-state index contributed by atoms with van der Waals surface area (Å²) >= 11 is 0. The summed E-state index contributed by atoms with van der Waals surface area (Å²) in [6.07, 6.45) is 18.4. The minimum atomic E-state index is -2.86. The van der Waals surface area contributed by atoms with Crippen molar-refractivity contribution in [3.63, 3.8) is 0 Å². The first-order chi connectivity index (χ1) is 17.6. The number of aromatic amines is 1. The molecule has 0 aliphatic heterocycles. The van der Waals surface area contributed by atoms with E-state index in [0.717, 1.165) is 10.7 Å². The highest BCUT2D eigenvalue weighted by Crippen LogP contribution is 2.30. The van der Waals surface area contributed by atoms with Crippen molar-refractivity contribution in [3.05, 3.63) is 41.5 Å². The third-order valence-electron chi connectivity index (χ3n) is 7.68. The highest BCUT2D eigenvalue weighted by Gasteiger charge is 2.41. The highest BCUT2D eigenvalue weighted by atomic mass is 28.4. The number of fused-ring (bicyclic) bond motifs is 3. The number of aromatic nitrogens is 1. The molecule has 4 nitrogen and oxygen atoms in total. The molecule has 200 valence electrons. The van der Waals surface area contributed by atoms with Gasteiger partial charge in [0.15, 0.2) is 0 Å². The molecule has 0 atom stereocenters. The van der Waals surface area contributed by atoms with Crippen molar-refractivity contribution in [1.82, 2.24) is 4.98 Å². The van der Waals surface area contributed by atoms with E-state index in [2.05, 4.69) is 49.2 Å². The molecule has 3 rings (SSSR count). The van der Waals surface area contributed by atoms with Crippen molar-refractivity contribution >= 4 is 35.8 Å². The molecule has 0 saturated carbocycles. The van der Waals surface area contributed by atoms with E-state index >= 15 is 0 Å². The van der Waals surface area contributed by atoms with Gasteiger partial charge in [0.1, 0.15) is 0 Å². The van der Waals surface area contributed by atoms with Crippen LogP contribution in [-0.4, -0.2) is 35.1 Å². The minimum Gasteiger partial charge on any atom is -0.373 e. The third-order valence-corrected chi connectivity index (χ3v) is 10.3. The van der Waals surface area contributed by atoms with Gasteiger partial charge >= 0.3 is 8.80 Å². The molecule has 0 spiro atoms. The van der Waals surface area contributed by atoms with E-state index < -0.39 is 8.80 Å². The van der Waals surface area contributed by atoms with E-state index in [1.807, 2.05) is 0 Å². The lowest BCUT2D eigenvalue weighted by Crippen LogP contribution is -2.54. The van der Waals surface area contributed by atoms with Gasteiger partial charge in [0.2, 0.25) is 0 Å². The SMILES string of the molecule is CCCCCCCCc1cc2[nH]c3cc([Si](OC)(OC)OC)ccc3c2cc1CCCCCCCC. The summed E-state index contributed by atoms with van der Waals surface area (Å²) in [4.78, 5) is 3.69. The molecular weight excluding hydrogens is 462 g/mol. The largest absolute Gasteiger partial charge is 0.536 e. The van der Waals surface area contributed by atoms with Crippen molar-refractivity contribution in [2.75, 3.05) is 21.3 Å². The molecule has 3 aromatic rings. The smallest absolute Gasteiger partial charge is 0.373 e. The van der Waals surface area contributed by atoms with E-state index in [1.54, 1.807) is 26.9 Å². The normalized spacial score (nSPS) is 12.2. The van der Waals surface area contributed by atoms with Crippen molar-refractivity contribution in [2.24, 2.45) is 0 Å². The third kappa shape index (κ3) is 7.22. The van der Waals surface area contributed by atoms with Gasteiger partial charge in [-0.15, -0.1) is 0 Å². The summed E-state index contributed by atoms with van der Waals surface area (Å²) in [5, 5.41) is 3.56. The van der Waals surface area contributed by atoms with Gasteiger partial charge in [-0.05, 0) is 55.0 Å². The molecule has 2 aromatic carbocycles. The Labute approximate surface area is 220 Å². The Morgan fingerprint density at radius 2 is 1.08 bits per heavy atom. The first-order valence-corrected chi connectivity index (χ1v) is 16.1. The molecular formula is C31H49NO3Si. The van der Waals surface area contributed by atoms with Crippen molar-refractivity contribution < 1.29 is 13.3 Å². The van der Waals surface area contributed by atoms with E-state index in [4.69, 9.17) is 13.3 Å². The number of unbranched alkanes of at least 4 members (excludes halogenated alkanes) is 10. The number of benzene rings is 2. The molecule has 1 heterocycles. The summed E-state index contributed by atoms with van der Waals surface area (Å²) in [7, 11) is 2.13. The number of nitrogens with one attached hydrogen (secondary N) is 1. The second-order valence-electron chi connectivity index (χ2n) is 10.3. The Balaban J connectivity index is 1.86. The van der Waals surface area contributed by atoms with Gasteiger partial charge in [-0.25, -0.2) is 0 Å². The van der Waals surface area contributed by atoms with E-state index in [1.165, 1.54) is 112 Å². The predicted molar refractivity (Wildman–Crippen MR) is 156 cm³/mol. The predicted octanol–water partition coefficient (Wildman–Crippen LogP) is 8.21. The Kier molecular flexibility index (Phi) is 12.0. The molecule has 0 aliphatic carbocycles. The maximum absolute atomic E-state index is 5.72. The van der Waals surface area contributed by atoms with Crippen LogP contribution in [0.2, 0.25) is 0 Å². The molecule has 0 fully saturated rings. The van der Waals surface area contributed by atoms with Crippen LogP contribution in [0.1, 0.15) is 102 Å². The summed E-state index contributed by atoms with van der Waals surface area (Å²) in [6, 6.07) is 11.4. The molecule has 1 aromatic heterocycles. The maximum Gasteiger partial charge on any atom is 0.536 e. The van der Waals surface area contributed by atoms with Gasteiger partial charge in [-0.1, -0.05) is 90.2 Å². The highest BCUT2D eigenvalue weighted by molar-refractivity contribution is 6.75. The Bertz CT molecular complexity index is 1050. The van der Waals surface area contributed by atoms with Crippen molar-refractivity contribution in [2.45, 2.75) is 104 Å². The summed E-state index contributed by atoms with van der Waals surface area (Å²) < 4.78 is 17.2. The van der Waals surface area contributed by atoms with Crippen LogP contribution in [0.15, 0.2) is 30.3 Å². The topological polar surface area (TPSA) is 43.5 Å². The zero-order chi connectivity index (χ0) is 25.8. The van der Waals surface area contributed by atoms with Crippen LogP contribution in [0, 0.1) is 0 Å². The number of hydrogen-bond acceptors (Lipinski definition) is 3. The molecule has 1 N–H and O–H groups in total. The summed E-state index contributed by atoms with van der Waals surface area (Å²) in [5.74, 6) is 0.